The number of hydrogen-bond donors (Lipinski definition) is 2. The third-order valence-electron chi connectivity index (χ3n) is 3.73. The second kappa shape index (κ2) is 5.76. The molecule has 0 aromatic carbocycles. The fraction of sp³-hybridized carbons (Fsp3) is 0.833. The SMILES string of the molecule is O=C(S)[C@@H]1CCCN1C(=O)NC1CCCCC1. The molecule has 0 spiro atoms. The van der Waals surface area contributed by atoms with Crippen LogP contribution in [0.3, 0.4) is 0 Å². The minimum absolute atomic E-state index is 0.0817. The van der Waals surface area contributed by atoms with Gasteiger partial charge in [0.1, 0.15) is 6.04 Å². The van der Waals surface area contributed by atoms with Crippen molar-refractivity contribution in [2.45, 2.75) is 57.0 Å². The molecule has 17 heavy (non-hydrogen) atoms. The summed E-state index contributed by atoms with van der Waals surface area (Å²) in [7, 11) is 0. The summed E-state index contributed by atoms with van der Waals surface area (Å²) in [6.45, 7) is 0.676. The Morgan fingerprint density at radius 1 is 1.06 bits per heavy atom. The maximum Gasteiger partial charge on any atom is 0.318 e. The van der Waals surface area contributed by atoms with Crippen LogP contribution in [0.5, 0.6) is 0 Å². The Bertz CT molecular complexity index is 303. The van der Waals surface area contributed by atoms with Crippen LogP contribution >= 0.6 is 12.6 Å². The summed E-state index contributed by atoms with van der Waals surface area (Å²) in [5.41, 5.74) is 0. The van der Waals surface area contributed by atoms with Crippen LogP contribution < -0.4 is 5.32 Å². The van der Waals surface area contributed by atoms with Gasteiger partial charge in [-0.1, -0.05) is 19.3 Å². The summed E-state index contributed by atoms with van der Waals surface area (Å²) < 4.78 is 0. The quantitative estimate of drug-likeness (QED) is 0.742. The molecule has 0 radical (unpaired) electrons. The van der Waals surface area contributed by atoms with Gasteiger partial charge in [-0.05, 0) is 25.7 Å². The summed E-state index contributed by atoms with van der Waals surface area (Å²) >= 11 is 3.85. The molecule has 2 amide bonds. The molecule has 1 atom stereocenters. The molecular weight excluding hydrogens is 236 g/mol. The lowest BCUT2D eigenvalue weighted by Gasteiger charge is -2.28. The second-order valence-electron chi connectivity index (χ2n) is 4.97. The van der Waals surface area contributed by atoms with Gasteiger partial charge >= 0.3 is 6.03 Å². The Morgan fingerprint density at radius 3 is 2.41 bits per heavy atom. The number of likely N-dealkylation sites (tertiary alicyclic amines) is 1. The fourth-order valence-electron chi connectivity index (χ4n) is 2.77. The highest BCUT2D eigenvalue weighted by molar-refractivity contribution is 7.96. The van der Waals surface area contributed by atoms with Crippen LogP contribution in [0.15, 0.2) is 0 Å². The van der Waals surface area contributed by atoms with Crippen LogP contribution in [0.4, 0.5) is 4.79 Å². The smallest absolute Gasteiger partial charge is 0.318 e. The number of urea groups is 1. The zero-order valence-corrected chi connectivity index (χ0v) is 10.9. The second-order valence-corrected chi connectivity index (χ2v) is 5.41. The largest absolute Gasteiger partial charge is 0.335 e. The number of hydrogen-bond acceptors (Lipinski definition) is 2. The van der Waals surface area contributed by atoms with E-state index in [1.54, 1.807) is 4.90 Å². The van der Waals surface area contributed by atoms with Gasteiger partial charge in [0, 0.05) is 12.6 Å². The van der Waals surface area contributed by atoms with Gasteiger partial charge in [0.15, 0.2) is 0 Å². The first-order chi connectivity index (χ1) is 8.18. The Kier molecular flexibility index (Phi) is 4.31. The number of nitrogens with one attached hydrogen (secondary N) is 1. The molecule has 1 saturated carbocycles. The van der Waals surface area contributed by atoms with Crippen LogP contribution in [0.25, 0.3) is 0 Å². The summed E-state index contributed by atoms with van der Waals surface area (Å²) in [4.78, 5) is 25.0. The van der Waals surface area contributed by atoms with Gasteiger partial charge in [-0.2, -0.15) is 0 Å². The van der Waals surface area contributed by atoms with Crippen LogP contribution in [0.1, 0.15) is 44.9 Å². The van der Waals surface area contributed by atoms with E-state index >= 15 is 0 Å². The molecule has 0 unspecified atom stereocenters. The van der Waals surface area contributed by atoms with E-state index in [1.165, 1.54) is 19.3 Å². The molecule has 2 aliphatic rings. The Labute approximate surface area is 108 Å². The van der Waals surface area contributed by atoms with Crippen molar-refractivity contribution >= 4 is 23.8 Å². The van der Waals surface area contributed by atoms with E-state index in [4.69, 9.17) is 0 Å². The van der Waals surface area contributed by atoms with Crippen molar-refractivity contribution in [1.29, 1.82) is 0 Å². The normalized spacial score (nSPS) is 25.9. The van der Waals surface area contributed by atoms with Crippen LogP contribution in [0.2, 0.25) is 0 Å². The zero-order chi connectivity index (χ0) is 12.3. The zero-order valence-electron chi connectivity index (χ0n) is 10.0. The van der Waals surface area contributed by atoms with E-state index in [9.17, 15) is 9.59 Å². The van der Waals surface area contributed by atoms with E-state index in [2.05, 4.69) is 17.9 Å². The number of nitrogens with zero attached hydrogens (tertiary/aromatic N) is 1. The topological polar surface area (TPSA) is 49.4 Å². The van der Waals surface area contributed by atoms with Crippen LogP contribution in [-0.4, -0.2) is 34.7 Å². The van der Waals surface area contributed by atoms with Crippen molar-refractivity contribution in [1.82, 2.24) is 10.2 Å². The van der Waals surface area contributed by atoms with Gasteiger partial charge < -0.3 is 10.2 Å². The molecule has 1 saturated heterocycles. The maximum atomic E-state index is 12.1. The van der Waals surface area contributed by atoms with E-state index < -0.39 is 0 Å². The van der Waals surface area contributed by atoms with Crippen molar-refractivity contribution in [3.63, 3.8) is 0 Å². The average Bonchev–Trinajstić information content (AvgIpc) is 2.79. The van der Waals surface area contributed by atoms with Crippen LogP contribution in [-0.2, 0) is 4.79 Å². The van der Waals surface area contributed by atoms with Crippen LogP contribution in [0, 0.1) is 0 Å². The maximum absolute atomic E-state index is 12.1. The molecule has 1 heterocycles. The summed E-state index contributed by atoms with van der Waals surface area (Å²) in [6.07, 6.45) is 7.45. The van der Waals surface area contributed by atoms with Crippen molar-refractivity contribution in [3.8, 4) is 0 Å². The predicted molar refractivity (Wildman–Crippen MR) is 69.1 cm³/mol. The lowest BCUT2D eigenvalue weighted by molar-refractivity contribution is -0.114. The summed E-state index contributed by atoms with van der Waals surface area (Å²) in [5.74, 6) is 0. The molecule has 1 aliphatic heterocycles. The molecule has 1 N–H and O–H groups in total. The number of carbonyl (C=O) groups excluding carboxylic acids is 2. The third kappa shape index (κ3) is 3.15. The number of carbonyl (C=O) groups is 2. The molecular formula is C12H20N2O2S. The monoisotopic (exact) mass is 256 g/mol. The molecule has 5 heteroatoms. The number of rotatable bonds is 2. The van der Waals surface area contributed by atoms with Crippen molar-refractivity contribution < 1.29 is 9.59 Å². The molecule has 1 aliphatic carbocycles. The van der Waals surface area contributed by atoms with Gasteiger partial charge in [0.25, 0.3) is 0 Å². The molecule has 2 fully saturated rings. The highest BCUT2D eigenvalue weighted by atomic mass is 32.1. The minimum Gasteiger partial charge on any atom is -0.335 e. The molecule has 2 rings (SSSR count). The van der Waals surface area contributed by atoms with Crippen molar-refractivity contribution in [3.05, 3.63) is 0 Å². The first-order valence-electron chi connectivity index (χ1n) is 6.48. The summed E-state index contributed by atoms with van der Waals surface area (Å²) in [6, 6.07) is -0.101. The molecule has 0 aromatic heterocycles. The number of thiol groups is 1. The average molecular weight is 256 g/mol. The summed E-state index contributed by atoms with van der Waals surface area (Å²) in [5, 5.41) is 2.85. The van der Waals surface area contributed by atoms with E-state index in [-0.39, 0.29) is 17.2 Å². The van der Waals surface area contributed by atoms with Gasteiger partial charge in [-0.25, -0.2) is 4.79 Å². The van der Waals surface area contributed by atoms with E-state index in [1.807, 2.05) is 0 Å². The highest BCUT2D eigenvalue weighted by Gasteiger charge is 2.33. The van der Waals surface area contributed by atoms with E-state index in [0.29, 0.717) is 12.6 Å². The lowest BCUT2D eigenvalue weighted by Crippen LogP contribution is -2.48. The van der Waals surface area contributed by atoms with Crippen molar-refractivity contribution in [2.24, 2.45) is 0 Å². The highest BCUT2D eigenvalue weighted by Crippen LogP contribution is 2.21. The molecule has 0 aromatic rings. The first kappa shape index (κ1) is 12.7. The number of amides is 2. The first-order valence-corrected chi connectivity index (χ1v) is 6.93. The third-order valence-corrected chi connectivity index (χ3v) is 4.03. The Hall–Kier alpha value is -0.710. The molecule has 96 valence electrons. The Morgan fingerprint density at radius 2 is 1.76 bits per heavy atom. The van der Waals surface area contributed by atoms with Gasteiger partial charge in [-0.3, -0.25) is 4.79 Å². The van der Waals surface area contributed by atoms with Crippen molar-refractivity contribution in [2.75, 3.05) is 6.54 Å². The van der Waals surface area contributed by atoms with Gasteiger partial charge in [0.05, 0.1) is 0 Å². The molecule has 4 nitrogen and oxygen atoms in total. The molecule has 0 bridgehead atoms. The van der Waals surface area contributed by atoms with Gasteiger partial charge in [0.2, 0.25) is 5.12 Å². The fourth-order valence-corrected chi connectivity index (χ4v) is 3.04. The minimum atomic E-state index is -0.318. The predicted octanol–water partition coefficient (Wildman–Crippen LogP) is 1.95. The lowest BCUT2D eigenvalue weighted by atomic mass is 9.96. The van der Waals surface area contributed by atoms with Gasteiger partial charge in [-0.15, -0.1) is 12.6 Å². The Balaban J connectivity index is 1.88. The standard InChI is InChI=1S/C12H20N2O2S/c15-11(17)10-7-4-8-14(10)12(16)13-9-5-2-1-3-6-9/h9-10H,1-8H2,(H,13,16)(H,15,17)/t10-/m0/s1. The van der Waals surface area contributed by atoms with E-state index in [0.717, 1.165) is 25.7 Å².